The van der Waals surface area contributed by atoms with E-state index in [-0.39, 0.29) is 0 Å². The molecule has 3 aromatic rings. The lowest BCUT2D eigenvalue weighted by molar-refractivity contribution is 0.268. The van der Waals surface area contributed by atoms with Gasteiger partial charge in [-0.15, -0.1) is 0 Å². The minimum Gasteiger partial charge on any atom is -0.352 e. The fraction of sp³-hybridized carbons (Fsp3) is 0.375. The molecule has 0 amide bonds. The van der Waals surface area contributed by atoms with Crippen LogP contribution in [-0.2, 0) is 13.0 Å². The zero-order valence-corrected chi connectivity index (χ0v) is 17.3. The molecule has 5 nitrogen and oxygen atoms in total. The average Bonchev–Trinajstić information content (AvgIpc) is 2.95. The second kappa shape index (κ2) is 9.14. The van der Waals surface area contributed by atoms with Crippen LogP contribution in [0.2, 0.25) is 0 Å². The first kappa shape index (κ1) is 19.5. The standard InChI is InChI=1S/C24H29N5/c1-3-22-16-23(27-24(26-22)21-10-12-25-13-11-21)29-15-7-14-28(17-19(29)2)18-20-8-5-4-6-9-20/h4-6,8-13,16,19H,3,7,14-15,17-18H2,1-2H3. The van der Waals surface area contributed by atoms with Crippen molar-refractivity contribution in [2.24, 2.45) is 0 Å². The molecular formula is C24H29N5. The molecule has 1 unspecified atom stereocenters. The summed E-state index contributed by atoms with van der Waals surface area (Å²) in [5, 5.41) is 0. The third-order valence-electron chi connectivity index (χ3n) is 5.54. The topological polar surface area (TPSA) is 45.2 Å². The van der Waals surface area contributed by atoms with Gasteiger partial charge in [-0.2, -0.15) is 0 Å². The highest BCUT2D eigenvalue weighted by atomic mass is 15.3. The molecule has 2 aromatic heterocycles. The van der Waals surface area contributed by atoms with Crippen molar-refractivity contribution in [2.45, 2.75) is 39.3 Å². The Labute approximate surface area is 173 Å². The molecule has 1 fully saturated rings. The van der Waals surface area contributed by atoms with E-state index in [0.29, 0.717) is 6.04 Å². The number of benzene rings is 1. The molecule has 0 N–H and O–H groups in total. The van der Waals surface area contributed by atoms with Gasteiger partial charge >= 0.3 is 0 Å². The minimum atomic E-state index is 0.395. The predicted molar refractivity (Wildman–Crippen MR) is 118 cm³/mol. The maximum atomic E-state index is 4.94. The Hall–Kier alpha value is -2.79. The molecule has 29 heavy (non-hydrogen) atoms. The summed E-state index contributed by atoms with van der Waals surface area (Å²) in [5.41, 5.74) is 3.48. The number of rotatable bonds is 5. The van der Waals surface area contributed by atoms with Gasteiger partial charge in [0.15, 0.2) is 5.82 Å². The van der Waals surface area contributed by atoms with Gasteiger partial charge in [0.2, 0.25) is 0 Å². The normalized spacial score (nSPS) is 17.9. The summed E-state index contributed by atoms with van der Waals surface area (Å²) < 4.78 is 0. The second-order valence-electron chi connectivity index (χ2n) is 7.75. The predicted octanol–water partition coefficient (Wildman–Crippen LogP) is 4.20. The maximum Gasteiger partial charge on any atom is 0.161 e. The van der Waals surface area contributed by atoms with Crippen molar-refractivity contribution in [3.63, 3.8) is 0 Å². The van der Waals surface area contributed by atoms with Gasteiger partial charge in [0.1, 0.15) is 5.82 Å². The van der Waals surface area contributed by atoms with Crippen molar-refractivity contribution in [3.05, 3.63) is 72.2 Å². The molecule has 1 atom stereocenters. The van der Waals surface area contributed by atoms with Crippen LogP contribution >= 0.6 is 0 Å². The van der Waals surface area contributed by atoms with E-state index in [4.69, 9.17) is 9.97 Å². The van der Waals surface area contributed by atoms with Gasteiger partial charge in [-0.05, 0) is 37.5 Å². The van der Waals surface area contributed by atoms with Crippen molar-refractivity contribution in [1.29, 1.82) is 0 Å². The highest BCUT2D eigenvalue weighted by Gasteiger charge is 2.23. The molecule has 150 valence electrons. The number of aromatic nitrogens is 3. The third kappa shape index (κ3) is 4.80. The fourth-order valence-corrected chi connectivity index (χ4v) is 4.02. The molecule has 5 heteroatoms. The van der Waals surface area contributed by atoms with E-state index in [0.717, 1.165) is 61.9 Å². The van der Waals surface area contributed by atoms with E-state index in [2.05, 4.69) is 65.0 Å². The smallest absolute Gasteiger partial charge is 0.161 e. The maximum absolute atomic E-state index is 4.94. The Balaban J connectivity index is 1.56. The van der Waals surface area contributed by atoms with Gasteiger partial charge in [0.25, 0.3) is 0 Å². The highest BCUT2D eigenvalue weighted by Crippen LogP contribution is 2.24. The second-order valence-corrected chi connectivity index (χ2v) is 7.75. The van der Waals surface area contributed by atoms with E-state index in [1.54, 1.807) is 12.4 Å². The van der Waals surface area contributed by atoms with Crippen molar-refractivity contribution in [3.8, 4) is 11.4 Å². The molecule has 0 spiro atoms. The quantitative estimate of drug-likeness (QED) is 0.656. The van der Waals surface area contributed by atoms with Gasteiger partial charge < -0.3 is 4.90 Å². The van der Waals surface area contributed by atoms with E-state index < -0.39 is 0 Å². The first-order valence-electron chi connectivity index (χ1n) is 10.5. The molecule has 0 saturated carbocycles. The molecular weight excluding hydrogens is 358 g/mol. The molecule has 0 bridgehead atoms. The Bertz CT molecular complexity index is 913. The van der Waals surface area contributed by atoms with Gasteiger partial charge in [0, 0.05) is 61.9 Å². The first-order chi connectivity index (χ1) is 14.2. The SMILES string of the molecule is CCc1cc(N2CCCN(Cc3ccccc3)CC2C)nc(-c2ccncc2)n1. The van der Waals surface area contributed by atoms with Crippen LogP contribution in [0.5, 0.6) is 0 Å². The van der Waals surface area contributed by atoms with E-state index in [1.165, 1.54) is 5.56 Å². The summed E-state index contributed by atoms with van der Waals surface area (Å²) in [6.07, 6.45) is 5.63. The van der Waals surface area contributed by atoms with Crippen molar-refractivity contribution in [2.75, 3.05) is 24.5 Å². The van der Waals surface area contributed by atoms with Crippen LogP contribution in [0.25, 0.3) is 11.4 Å². The number of pyridine rings is 1. The van der Waals surface area contributed by atoms with Crippen LogP contribution in [0.3, 0.4) is 0 Å². The molecule has 1 saturated heterocycles. The molecule has 3 heterocycles. The zero-order valence-electron chi connectivity index (χ0n) is 17.3. The summed E-state index contributed by atoms with van der Waals surface area (Å²) in [6.45, 7) is 8.62. The van der Waals surface area contributed by atoms with Crippen LogP contribution in [0, 0.1) is 0 Å². The number of aryl methyl sites for hydroxylation is 1. The number of nitrogens with zero attached hydrogens (tertiary/aromatic N) is 5. The van der Waals surface area contributed by atoms with Gasteiger partial charge in [-0.3, -0.25) is 9.88 Å². The monoisotopic (exact) mass is 387 g/mol. The van der Waals surface area contributed by atoms with Gasteiger partial charge in [-0.1, -0.05) is 37.3 Å². The summed E-state index contributed by atoms with van der Waals surface area (Å²) in [4.78, 5) is 18.8. The van der Waals surface area contributed by atoms with Crippen LogP contribution in [0.15, 0.2) is 60.9 Å². The highest BCUT2D eigenvalue weighted by molar-refractivity contribution is 5.57. The lowest BCUT2D eigenvalue weighted by Gasteiger charge is -2.30. The Kier molecular flexibility index (Phi) is 6.15. The summed E-state index contributed by atoms with van der Waals surface area (Å²) in [6, 6.07) is 17.3. The lowest BCUT2D eigenvalue weighted by atomic mass is 10.2. The fourth-order valence-electron chi connectivity index (χ4n) is 4.02. The van der Waals surface area contributed by atoms with Crippen molar-refractivity contribution < 1.29 is 0 Å². The van der Waals surface area contributed by atoms with E-state index in [9.17, 15) is 0 Å². The summed E-state index contributed by atoms with van der Waals surface area (Å²) >= 11 is 0. The molecule has 0 radical (unpaired) electrons. The van der Waals surface area contributed by atoms with E-state index in [1.807, 2.05) is 12.1 Å². The van der Waals surface area contributed by atoms with Crippen LogP contribution in [0.1, 0.15) is 31.5 Å². The van der Waals surface area contributed by atoms with Gasteiger partial charge in [-0.25, -0.2) is 9.97 Å². The van der Waals surface area contributed by atoms with Crippen molar-refractivity contribution >= 4 is 5.82 Å². The Morgan fingerprint density at radius 1 is 1.00 bits per heavy atom. The molecule has 1 aliphatic heterocycles. The molecule has 1 aliphatic rings. The molecule has 1 aromatic carbocycles. The number of hydrogen-bond donors (Lipinski definition) is 0. The largest absolute Gasteiger partial charge is 0.352 e. The lowest BCUT2D eigenvalue weighted by Crippen LogP contribution is -2.39. The number of anilines is 1. The molecule has 4 rings (SSSR count). The third-order valence-corrected chi connectivity index (χ3v) is 5.54. The Morgan fingerprint density at radius 3 is 2.55 bits per heavy atom. The van der Waals surface area contributed by atoms with Crippen molar-refractivity contribution in [1.82, 2.24) is 19.9 Å². The summed E-state index contributed by atoms with van der Waals surface area (Å²) in [5.74, 6) is 1.83. The van der Waals surface area contributed by atoms with E-state index >= 15 is 0 Å². The zero-order chi connectivity index (χ0) is 20.1. The minimum absolute atomic E-state index is 0.395. The first-order valence-corrected chi connectivity index (χ1v) is 10.5. The van der Waals surface area contributed by atoms with Crippen LogP contribution in [0.4, 0.5) is 5.82 Å². The summed E-state index contributed by atoms with van der Waals surface area (Å²) in [7, 11) is 0. The average molecular weight is 388 g/mol. The Morgan fingerprint density at radius 2 is 1.79 bits per heavy atom. The van der Waals surface area contributed by atoms with Crippen LogP contribution < -0.4 is 4.90 Å². The number of hydrogen-bond acceptors (Lipinski definition) is 5. The molecule has 0 aliphatic carbocycles. The van der Waals surface area contributed by atoms with Gasteiger partial charge in [0.05, 0.1) is 0 Å². The van der Waals surface area contributed by atoms with Crippen LogP contribution in [-0.4, -0.2) is 45.5 Å².